The number of aliphatic carboxylic acids is 1. The summed E-state index contributed by atoms with van der Waals surface area (Å²) in [6, 6.07) is -0.447. The molecule has 2 N–H and O–H groups in total. The summed E-state index contributed by atoms with van der Waals surface area (Å²) in [7, 11) is 0. The summed E-state index contributed by atoms with van der Waals surface area (Å²) in [5.74, 6) is -0.890. The minimum atomic E-state index is -0.890. The maximum absolute atomic E-state index is 11.5. The average Bonchev–Trinajstić information content (AvgIpc) is 2.53. The number of likely N-dealkylation sites (tertiary alicyclic amines) is 1. The van der Waals surface area contributed by atoms with Crippen molar-refractivity contribution in [1.29, 1.82) is 0 Å². The summed E-state index contributed by atoms with van der Waals surface area (Å²) in [5.41, 5.74) is 0. The number of urea groups is 1. The van der Waals surface area contributed by atoms with Crippen molar-refractivity contribution in [1.82, 2.24) is 10.2 Å². The lowest BCUT2D eigenvalue weighted by atomic mass is 10.2. The summed E-state index contributed by atoms with van der Waals surface area (Å²) in [6.45, 7) is 3.26. The molecule has 1 rings (SSSR count). The zero-order valence-electron chi connectivity index (χ0n) is 8.32. The Balaban J connectivity index is 2.28. The van der Waals surface area contributed by atoms with Gasteiger partial charge < -0.3 is 15.3 Å². The van der Waals surface area contributed by atoms with E-state index in [1.54, 1.807) is 11.8 Å². The van der Waals surface area contributed by atoms with E-state index in [9.17, 15) is 9.59 Å². The molecule has 2 amide bonds. The average molecular weight is 200 g/mol. The lowest BCUT2D eigenvalue weighted by molar-refractivity contribution is -0.137. The number of rotatable bonds is 3. The van der Waals surface area contributed by atoms with Crippen molar-refractivity contribution in [2.24, 2.45) is 0 Å². The topological polar surface area (TPSA) is 69.6 Å². The van der Waals surface area contributed by atoms with Crippen molar-refractivity contribution < 1.29 is 14.7 Å². The number of carbonyl (C=O) groups is 2. The molecule has 0 spiro atoms. The van der Waals surface area contributed by atoms with Gasteiger partial charge in [-0.05, 0) is 19.8 Å². The van der Waals surface area contributed by atoms with Gasteiger partial charge in [-0.25, -0.2) is 4.79 Å². The van der Waals surface area contributed by atoms with Crippen molar-refractivity contribution in [3.8, 4) is 0 Å². The van der Waals surface area contributed by atoms with Crippen LogP contribution in [0.3, 0.4) is 0 Å². The summed E-state index contributed by atoms with van der Waals surface area (Å²) in [6.07, 6.45) is 2.06. The van der Waals surface area contributed by atoms with Gasteiger partial charge in [0.2, 0.25) is 0 Å². The molecule has 0 bridgehead atoms. The summed E-state index contributed by atoms with van der Waals surface area (Å²) in [5, 5.41) is 11.2. The van der Waals surface area contributed by atoms with Crippen LogP contribution in [0.2, 0.25) is 0 Å². The third-order valence-electron chi connectivity index (χ3n) is 2.24. The van der Waals surface area contributed by atoms with Gasteiger partial charge in [0, 0.05) is 19.1 Å². The number of hydrogen-bond donors (Lipinski definition) is 2. The first-order valence-electron chi connectivity index (χ1n) is 4.87. The van der Waals surface area contributed by atoms with Crippen LogP contribution in [0.15, 0.2) is 0 Å². The van der Waals surface area contributed by atoms with Crippen LogP contribution in [-0.2, 0) is 4.79 Å². The fourth-order valence-corrected chi connectivity index (χ4v) is 1.54. The Morgan fingerprint density at radius 1 is 1.43 bits per heavy atom. The number of hydrogen-bond acceptors (Lipinski definition) is 2. The molecule has 0 aromatic carbocycles. The molecular weight excluding hydrogens is 184 g/mol. The van der Waals surface area contributed by atoms with Crippen LogP contribution in [0.1, 0.15) is 26.2 Å². The highest BCUT2D eigenvalue weighted by atomic mass is 16.4. The highest BCUT2D eigenvalue weighted by Crippen LogP contribution is 2.07. The standard InChI is InChI=1S/C9H16N2O3/c1-7(6-8(12)13)10-9(14)11-4-2-3-5-11/h7H,2-6H2,1H3,(H,10,14)(H,12,13). The second kappa shape index (κ2) is 4.83. The molecular formula is C9H16N2O3. The van der Waals surface area contributed by atoms with Crippen molar-refractivity contribution in [2.45, 2.75) is 32.2 Å². The first kappa shape index (κ1) is 10.8. The Bertz CT molecular complexity index is 224. The zero-order chi connectivity index (χ0) is 10.6. The monoisotopic (exact) mass is 200 g/mol. The Kier molecular flexibility index (Phi) is 3.73. The van der Waals surface area contributed by atoms with E-state index in [1.165, 1.54) is 0 Å². The second-order valence-electron chi connectivity index (χ2n) is 3.64. The van der Waals surface area contributed by atoms with E-state index < -0.39 is 5.97 Å². The Morgan fingerprint density at radius 2 is 2.00 bits per heavy atom. The van der Waals surface area contributed by atoms with E-state index >= 15 is 0 Å². The molecule has 80 valence electrons. The minimum Gasteiger partial charge on any atom is -0.481 e. The van der Waals surface area contributed by atoms with Crippen LogP contribution >= 0.6 is 0 Å². The molecule has 1 heterocycles. The summed E-state index contributed by atoms with van der Waals surface area (Å²) >= 11 is 0. The fourth-order valence-electron chi connectivity index (χ4n) is 1.54. The van der Waals surface area contributed by atoms with Gasteiger partial charge in [-0.3, -0.25) is 4.79 Å². The predicted octanol–water partition coefficient (Wildman–Crippen LogP) is 0.655. The fraction of sp³-hybridized carbons (Fsp3) is 0.778. The molecule has 5 nitrogen and oxygen atoms in total. The van der Waals surface area contributed by atoms with Crippen molar-refractivity contribution in [3.05, 3.63) is 0 Å². The van der Waals surface area contributed by atoms with Crippen LogP contribution in [0.5, 0.6) is 0 Å². The zero-order valence-corrected chi connectivity index (χ0v) is 8.32. The van der Waals surface area contributed by atoms with E-state index in [0.717, 1.165) is 25.9 Å². The highest BCUT2D eigenvalue weighted by Gasteiger charge is 2.19. The van der Waals surface area contributed by atoms with Gasteiger partial charge in [0.15, 0.2) is 0 Å². The molecule has 1 aliphatic rings. The third kappa shape index (κ3) is 3.24. The Morgan fingerprint density at radius 3 is 2.50 bits per heavy atom. The van der Waals surface area contributed by atoms with E-state index in [4.69, 9.17) is 5.11 Å². The van der Waals surface area contributed by atoms with E-state index in [-0.39, 0.29) is 18.5 Å². The number of nitrogens with zero attached hydrogens (tertiary/aromatic N) is 1. The molecule has 1 saturated heterocycles. The quantitative estimate of drug-likeness (QED) is 0.703. The van der Waals surface area contributed by atoms with Crippen LogP contribution in [0.25, 0.3) is 0 Å². The maximum Gasteiger partial charge on any atom is 0.317 e. The molecule has 1 aliphatic heterocycles. The second-order valence-corrected chi connectivity index (χ2v) is 3.64. The Hall–Kier alpha value is -1.26. The van der Waals surface area contributed by atoms with Gasteiger partial charge >= 0.3 is 12.0 Å². The van der Waals surface area contributed by atoms with Crippen molar-refractivity contribution in [3.63, 3.8) is 0 Å². The van der Waals surface area contributed by atoms with Gasteiger partial charge in [-0.1, -0.05) is 0 Å². The Labute approximate surface area is 83.1 Å². The van der Waals surface area contributed by atoms with Gasteiger partial charge in [0.1, 0.15) is 0 Å². The highest BCUT2D eigenvalue weighted by molar-refractivity contribution is 5.76. The largest absolute Gasteiger partial charge is 0.481 e. The molecule has 0 aliphatic carbocycles. The lowest BCUT2D eigenvalue weighted by Crippen LogP contribution is -2.43. The van der Waals surface area contributed by atoms with Gasteiger partial charge in [0.25, 0.3) is 0 Å². The van der Waals surface area contributed by atoms with Crippen LogP contribution in [0, 0.1) is 0 Å². The van der Waals surface area contributed by atoms with Crippen LogP contribution < -0.4 is 5.32 Å². The molecule has 0 aromatic heterocycles. The molecule has 0 saturated carbocycles. The lowest BCUT2D eigenvalue weighted by Gasteiger charge is -2.19. The molecule has 1 fully saturated rings. The number of nitrogens with one attached hydrogen (secondary N) is 1. The van der Waals surface area contributed by atoms with Crippen molar-refractivity contribution in [2.75, 3.05) is 13.1 Å². The van der Waals surface area contributed by atoms with Gasteiger partial charge in [-0.15, -0.1) is 0 Å². The van der Waals surface area contributed by atoms with Crippen LogP contribution in [-0.4, -0.2) is 41.1 Å². The van der Waals surface area contributed by atoms with Crippen LogP contribution in [0.4, 0.5) is 4.79 Å². The molecule has 5 heteroatoms. The number of carbonyl (C=O) groups excluding carboxylic acids is 1. The molecule has 0 aromatic rings. The predicted molar refractivity (Wildman–Crippen MR) is 51.1 cm³/mol. The summed E-state index contributed by atoms with van der Waals surface area (Å²) < 4.78 is 0. The summed E-state index contributed by atoms with van der Waals surface area (Å²) in [4.78, 5) is 23.5. The molecule has 0 radical (unpaired) electrons. The number of amides is 2. The molecule has 1 atom stereocenters. The first-order chi connectivity index (χ1) is 6.59. The number of carboxylic acids is 1. The van der Waals surface area contributed by atoms with E-state index in [0.29, 0.717) is 0 Å². The van der Waals surface area contributed by atoms with Gasteiger partial charge in [0.05, 0.1) is 6.42 Å². The maximum atomic E-state index is 11.5. The smallest absolute Gasteiger partial charge is 0.317 e. The van der Waals surface area contributed by atoms with E-state index in [2.05, 4.69) is 5.32 Å². The van der Waals surface area contributed by atoms with Gasteiger partial charge in [-0.2, -0.15) is 0 Å². The molecule has 1 unspecified atom stereocenters. The SMILES string of the molecule is CC(CC(=O)O)NC(=O)N1CCCC1. The van der Waals surface area contributed by atoms with Crippen molar-refractivity contribution >= 4 is 12.0 Å². The first-order valence-corrected chi connectivity index (χ1v) is 4.87. The molecule has 14 heavy (non-hydrogen) atoms. The van der Waals surface area contributed by atoms with E-state index in [1.807, 2.05) is 0 Å². The normalized spacial score (nSPS) is 17.9. The number of carboxylic acid groups (broad SMARTS) is 1. The minimum absolute atomic E-state index is 0.0282. The third-order valence-corrected chi connectivity index (χ3v) is 2.24.